The average Bonchev–Trinajstić information content (AvgIpc) is 2.47. The van der Waals surface area contributed by atoms with E-state index < -0.39 is 0 Å². The highest BCUT2D eigenvalue weighted by atomic mass is 16.5. The molecule has 0 aliphatic rings. The molecule has 1 amide bonds. The fraction of sp³-hybridized carbons (Fsp3) is 0.188. The highest BCUT2D eigenvalue weighted by Crippen LogP contribution is 2.25. The van der Waals surface area contributed by atoms with Gasteiger partial charge in [-0.25, -0.2) is 0 Å². The first-order valence-corrected chi connectivity index (χ1v) is 6.42. The molecule has 2 rings (SSSR count). The lowest BCUT2D eigenvalue weighted by atomic mass is 10.1. The van der Waals surface area contributed by atoms with Crippen LogP contribution in [-0.4, -0.2) is 35.2 Å². The molecule has 110 valence electrons. The van der Waals surface area contributed by atoms with Gasteiger partial charge in [-0.05, 0) is 18.2 Å². The van der Waals surface area contributed by atoms with Crippen LogP contribution in [0.4, 0.5) is 0 Å². The van der Waals surface area contributed by atoms with Crippen molar-refractivity contribution in [3.8, 4) is 17.2 Å². The molecule has 0 radical (unpaired) electrons. The number of carbonyl (C=O) groups excluding carboxylic acids is 1. The van der Waals surface area contributed by atoms with Gasteiger partial charge in [0.25, 0.3) is 5.91 Å². The molecule has 0 aliphatic heterocycles. The number of phenolic OH excluding ortho intramolecular Hbond substituents is 2. The summed E-state index contributed by atoms with van der Waals surface area (Å²) in [4.78, 5) is 13.8. The molecule has 0 aliphatic carbocycles. The van der Waals surface area contributed by atoms with Crippen LogP contribution in [0.15, 0.2) is 42.5 Å². The normalized spacial score (nSPS) is 10.2. The minimum absolute atomic E-state index is 0.0866. The van der Waals surface area contributed by atoms with E-state index in [2.05, 4.69) is 0 Å². The van der Waals surface area contributed by atoms with Crippen LogP contribution in [0.5, 0.6) is 17.2 Å². The summed E-state index contributed by atoms with van der Waals surface area (Å²) in [5, 5.41) is 19.0. The summed E-state index contributed by atoms with van der Waals surface area (Å²) in [6.45, 7) is 0.350. The van der Waals surface area contributed by atoms with E-state index in [9.17, 15) is 15.0 Å². The van der Waals surface area contributed by atoms with E-state index in [4.69, 9.17) is 4.74 Å². The molecule has 0 fully saturated rings. The molecule has 5 heteroatoms. The maximum atomic E-state index is 12.3. The van der Waals surface area contributed by atoms with Crippen LogP contribution in [0.25, 0.3) is 0 Å². The maximum Gasteiger partial charge on any atom is 0.257 e. The standard InChI is InChI=1S/C16H17NO4/c1-17(10-11-5-3-4-6-15(11)21-2)16(20)13-8-7-12(18)9-14(13)19/h3-9,18-19H,10H2,1-2H3. The first-order valence-electron chi connectivity index (χ1n) is 6.42. The second kappa shape index (κ2) is 6.17. The zero-order chi connectivity index (χ0) is 15.4. The molecule has 0 atom stereocenters. The smallest absolute Gasteiger partial charge is 0.257 e. The summed E-state index contributed by atoms with van der Waals surface area (Å²) >= 11 is 0. The van der Waals surface area contributed by atoms with Crippen molar-refractivity contribution >= 4 is 5.91 Å². The van der Waals surface area contributed by atoms with Crippen molar-refractivity contribution in [2.24, 2.45) is 0 Å². The quantitative estimate of drug-likeness (QED) is 0.905. The van der Waals surface area contributed by atoms with E-state index >= 15 is 0 Å². The minimum atomic E-state index is -0.335. The van der Waals surface area contributed by atoms with Crippen LogP contribution >= 0.6 is 0 Å². The topological polar surface area (TPSA) is 70.0 Å². The van der Waals surface area contributed by atoms with Gasteiger partial charge in [0.05, 0.1) is 12.7 Å². The second-order valence-electron chi connectivity index (χ2n) is 4.67. The zero-order valence-corrected chi connectivity index (χ0v) is 11.9. The second-order valence-corrected chi connectivity index (χ2v) is 4.67. The Morgan fingerprint density at radius 3 is 2.57 bits per heavy atom. The van der Waals surface area contributed by atoms with Gasteiger partial charge in [0, 0.05) is 25.2 Å². The molecule has 0 bridgehead atoms. The van der Waals surface area contributed by atoms with Crippen LogP contribution in [0.1, 0.15) is 15.9 Å². The van der Waals surface area contributed by atoms with Gasteiger partial charge in [-0.1, -0.05) is 18.2 Å². The van der Waals surface area contributed by atoms with Crippen LogP contribution in [0, 0.1) is 0 Å². The van der Waals surface area contributed by atoms with Gasteiger partial charge in [0.1, 0.15) is 17.2 Å². The maximum absolute atomic E-state index is 12.3. The largest absolute Gasteiger partial charge is 0.508 e. The Balaban J connectivity index is 2.19. The molecular formula is C16H17NO4. The third kappa shape index (κ3) is 3.25. The average molecular weight is 287 g/mol. The Kier molecular flexibility index (Phi) is 4.33. The Hall–Kier alpha value is -2.69. The van der Waals surface area contributed by atoms with Crippen LogP contribution in [0.2, 0.25) is 0 Å². The summed E-state index contributed by atoms with van der Waals surface area (Å²) in [6, 6.07) is 11.3. The van der Waals surface area contributed by atoms with Crippen LogP contribution in [-0.2, 0) is 6.54 Å². The Morgan fingerprint density at radius 1 is 1.19 bits per heavy atom. The Labute approximate surface area is 123 Å². The van der Waals surface area contributed by atoms with Gasteiger partial charge < -0.3 is 19.8 Å². The van der Waals surface area contributed by atoms with Crippen molar-refractivity contribution in [1.82, 2.24) is 4.90 Å². The number of phenols is 2. The lowest BCUT2D eigenvalue weighted by Crippen LogP contribution is -2.26. The molecule has 0 heterocycles. The van der Waals surface area contributed by atoms with E-state index in [1.54, 1.807) is 14.2 Å². The van der Waals surface area contributed by atoms with Crippen molar-refractivity contribution in [3.63, 3.8) is 0 Å². The number of aromatic hydroxyl groups is 2. The molecule has 21 heavy (non-hydrogen) atoms. The Bertz CT molecular complexity index is 654. The summed E-state index contributed by atoms with van der Waals surface area (Å²) in [6.07, 6.45) is 0. The predicted molar refractivity (Wildman–Crippen MR) is 78.6 cm³/mol. The number of amides is 1. The van der Waals surface area contributed by atoms with E-state index in [1.807, 2.05) is 24.3 Å². The predicted octanol–water partition coefficient (Wildman–Crippen LogP) is 2.38. The van der Waals surface area contributed by atoms with Crippen molar-refractivity contribution in [2.75, 3.05) is 14.2 Å². The number of ether oxygens (including phenoxy) is 1. The number of rotatable bonds is 4. The number of benzene rings is 2. The molecule has 0 spiro atoms. The molecule has 0 saturated carbocycles. The first kappa shape index (κ1) is 14.7. The monoisotopic (exact) mass is 287 g/mol. The van der Waals surface area contributed by atoms with Crippen molar-refractivity contribution in [1.29, 1.82) is 0 Å². The first-order chi connectivity index (χ1) is 10.0. The van der Waals surface area contributed by atoms with Crippen LogP contribution < -0.4 is 4.74 Å². The number of para-hydroxylation sites is 1. The van der Waals surface area contributed by atoms with Crippen molar-refractivity contribution in [2.45, 2.75) is 6.54 Å². The fourth-order valence-electron chi connectivity index (χ4n) is 2.07. The van der Waals surface area contributed by atoms with Crippen molar-refractivity contribution < 1.29 is 19.7 Å². The van der Waals surface area contributed by atoms with Crippen LogP contribution in [0.3, 0.4) is 0 Å². The molecule has 2 aromatic rings. The van der Waals surface area contributed by atoms with E-state index in [-0.39, 0.29) is 23.0 Å². The van der Waals surface area contributed by atoms with E-state index in [0.29, 0.717) is 12.3 Å². The van der Waals surface area contributed by atoms with Gasteiger partial charge in [0.2, 0.25) is 0 Å². The highest BCUT2D eigenvalue weighted by molar-refractivity contribution is 5.96. The minimum Gasteiger partial charge on any atom is -0.508 e. The SMILES string of the molecule is COc1ccccc1CN(C)C(=O)c1ccc(O)cc1O. The third-order valence-electron chi connectivity index (χ3n) is 3.16. The summed E-state index contributed by atoms with van der Waals surface area (Å²) in [5.41, 5.74) is 1.01. The van der Waals surface area contributed by atoms with E-state index in [0.717, 1.165) is 11.6 Å². The summed E-state index contributed by atoms with van der Waals surface area (Å²) < 4.78 is 5.25. The van der Waals surface area contributed by atoms with Crippen molar-refractivity contribution in [3.05, 3.63) is 53.6 Å². The molecule has 0 aromatic heterocycles. The number of hydrogen-bond acceptors (Lipinski definition) is 4. The molecule has 0 saturated heterocycles. The lowest BCUT2D eigenvalue weighted by molar-refractivity contribution is 0.0781. The van der Waals surface area contributed by atoms with Gasteiger partial charge in [-0.15, -0.1) is 0 Å². The summed E-state index contributed by atoms with van der Waals surface area (Å²) in [5.74, 6) is 0.0359. The number of methoxy groups -OCH3 is 1. The highest BCUT2D eigenvalue weighted by Gasteiger charge is 2.17. The fourth-order valence-corrected chi connectivity index (χ4v) is 2.07. The van der Waals surface area contributed by atoms with Gasteiger partial charge in [0.15, 0.2) is 0 Å². The van der Waals surface area contributed by atoms with Gasteiger partial charge in [-0.3, -0.25) is 4.79 Å². The number of nitrogens with zero attached hydrogens (tertiary/aromatic N) is 1. The zero-order valence-electron chi connectivity index (χ0n) is 11.9. The van der Waals surface area contributed by atoms with Gasteiger partial charge >= 0.3 is 0 Å². The number of hydrogen-bond donors (Lipinski definition) is 2. The molecule has 2 aromatic carbocycles. The molecular weight excluding hydrogens is 270 g/mol. The molecule has 0 unspecified atom stereocenters. The molecule has 5 nitrogen and oxygen atoms in total. The Morgan fingerprint density at radius 2 is 1.90 bits per heavy atom. The lowest BCUT2D eigenvalue weighted by Gasteiger charge is -2.19. The summed E-state index contributed by atoms with van der Waals surface area (Å²) in [7, 11) is 3.22. The number of carbonyl (C=O) groups is 1. The van der Waals surface area contributed by atoms with Gasteiger partial charge in [-0.2, -0.15) is 0 Å². The van der Waals surface area contributed by atoms with E-state index in [1.165, 1.54) is 17.0 Å². The third-order valence-corrected chi connectivity index (χ3v) is 3.16. The molecule has 2 N–H and O–H groups in total.